The van der Waals surface area contributed by atoms with Crippen molar-refractivity contribution in [3.63, 3.8) is 0 Å². The molecule has 25 heavy (non-hydrogen) atoms. The van der Waals surface area contributed by atoms with Crippen LogP contribution in [0.3, 0.4) is 0 Å². The standard InChI is InChI=1S/C19H24ClN3O2/c1-15-16(20)4-2-5-17(15)22-8-3-9-23(11-10-22)18(24)19(14-21)6-12-25-13-7-19/h2,4-5H,3,6-13H2,1H3. The molecule has 1 amide bonds. The first-order valence-corrected chi connectivity index (χ1v) is 9.24. The van der Waals surface area contributed by atoms with E-state index in [1.165, 1.54) is 0 Å². The van der Waals surface area contributed by atoms with E-state index in [1.54, 1.807) is 0 Å². The minimum Gasteiger partial charge on any atom is -0.381 e. The van der Waals surface area contributed by atoms with Crippen LogP contribution in [0.2, 0.25) is 5.02 Å². The second-order valence-electron chi connectivity index (χ2n) is 6.82. The Kier molecular flexibility index (Phi) is 5.51. The molecule has 134 valence electrons. The van der Waals surface area contributed by atoms with E-state index in [0.29, 0.717) is 39.1 Å². The number of anilines is 1. The van der Waals surface area contributed by atoms with Gasteiger partial charge in [-0.2, -0.15) is 5.26 Å². The number of nitrogens with zero attached hydrogens (tertiary/aromatic N) is 3. The Labute approximate surface area is 154 Å². The van der Waals surface area contributed by atoms with Gasteiger partial charge in [0.1, 0.15) is 5.41 Å². The largest absolute Gasteiger partial charge is 0.381 e. The van der Waals surface area contributed by atoms with Crippen molar-refractivity contribution in [2.24, 2.45) is 5.41 Å². The highest BCUT2D eigenvalue weighted by Crippen LogP contribution is 2.33. The van der Waals surface area contributed by atoms with Crippen LogP contribution in [0.4, 0.5) is 5.69 Å². The topological polar surface area (TPSA) is 56.6 Å². The minimum absolute atomic E-state index is 0.0250. The molecule has 6 heteroatoms. The summed E-state index contributed by atoms with van der Waals surface area (Å²) in [6, 6.07) is 8.23. The van der Waals surface area contributed by atoms with Crippen LogP contribution in [0.15, 0.2) is 18.2 Å². The Balaban J connectivity index is 1.72. The lowest BCUT2D eigenvalue weighted by Crippen LogP contribution is -2.47. The van der Waals surface area contributed by atoms with E-state index in [9.17, 15) is 10.1 Å². The molecule has 0 atom stereocenters. The van der Waals surface area contributed by atoms with Crippen molar-refractivity contribution < 1.29 is 9.53 Å². The van der Waals surface area contributed by atoms with Crippen molar-refractivity contribution in [1.29, 1.82) is 5.26 Å². The summed E-state index contributed by atoms with van der Waals surface area (Å²) in [4.78, 5) is 17.2. The van der Waals surface area contributed by atoms with E-state index < -0.39 is 5.41 Å². The van der Waals surface area contributed by atoms with Gasteiger partial charge in [0.15, 0.2) is 0 Å². The maximum absolute atomic E-state index is 13.0. The fourth-order valence-electron chi connectivity index (χ4n) is 3.70. The van der Waals surface area contributed by atoms with Gasteiger partial charge in [-0.25, -0.2) is 0 Å². The molecular weight excluding hydrogens is 338 g/mol. The van der Waals surface area contributed by atoms with Crippen LogP contribution in [0.1, 0.15) is 24.8 Å². The number of carbonyl (C=O) groups excluding carboxylic acids is 1. The maximum atomic E-state index is 13.0. The van der Waals surface area contributed by atoms with Crippen LogP contribution in [-0.2, 0) is 9.53 Å². The molecule has 0 aliphatic carbocycles. The monoisotopic (exact) mass is 361 g/mol. The van der Waals surface area contributed by atoms with Crippen LogP contribution in [0.25, 0.3) is 0 Å². The van der Waals surface area contributed by atoms with E-state index in [1.807, 2.05) is 24.0 Å². The van der Waals surface area contributed by atoms with E-state index in [4.69, 9.17) is 16.3 Å². The Morgan fingerprint density at radius 1 is 1.24 bits per heavy atom. The molecule has 5 nitrogen and oxygen atoms in total. The van der Waals surface area contributed by atoms with Crippen LogP contribution < -0.4 is 4.90 Å². The summed E-state index contributed by atoms with van der Waals surface area (Å²) in [5, 5.41) is 10.4. The summed E-state index contributed by atoms with van der Waals surface area (Å²) >= 11 is 6.25. The van der Waals surface area contributed by atoms with Gasteiger partial charge in [0.2, 0.25) is 5.91 Å². The molecule has 1 aromatic carbocycles. The number of ether oxygens (including phenoxy) is 1. The van der Waals surface area contributed by atoms with E-state index in [-0.39, 0.29) is 5.91 Å². The van der Waals surface area contributed by atoms with Gasteiger partial charge in [-0.15, -0.1) is 0 Å². The lowest BCUT2D eigenvalue weighted by Gasteiger charge is -2.34. The zero-order valence-electron chi connectivity index (χ0n) is 14.6. The van der Waals surface area contributed by atoms with E-state index >= 15 is 0 Å². The molecule has 1 aromatic rings. The summed E-state index contributed by atoms with van der Waals surface area (Å²) in [6.45, 7) is 5.97. The molecule has 0 spiro atoms. The van der Waals surface area contributed by atoms with Crippen molar-refractivity contribution in [1.82, 2.24) is 4.90 Å². The van der Waals surface area contributed by atoms with E-state index in [2.05, 4.69) is 17.0 Å². The maximum Gasteiger partial charge on any atom is 0.243 e. The van der Waals surface area contributed by atoms with Gasteiger partial charge in [0.25, 0.3) is 0 Å². The summed E-state index contributed by atoms with van der Waals surface area (Å²) in [5.74, 6) is -0.0250. The second kappa shape index (κ2) is 7.63. The zero-order chi connectivity index (χ0) is 17.9. The number of amides is 1. The van der Waals surface area contributed by atoms with Gasteiger partial charge >= 0.3 is 0 Å². The van der Waals surface area contributed by atoms with Gasteiger partial charge in [-0.05, 0) is 43.9 Å². The number of rotatable bonds is 2. The Morgan fingerprint density at radius 3 is 2.72 bits per heavy atom. The highest BCUT2D eigenvalue weighted by atomic mass is 35.5. The molecule has 0 saturated carbocycles. The van der Waals surface area contributed by atoms with Gasteiger partial charge in [-0.3, -0.25) is 4.79 Å². The highest BCUT2D eigenvalue weighted by Gasteiger charge is 2.43. The summed E-state index contributed by atoms with van der Waals surface area (Å²) < 4.78 is 5.35. The van der Waals surface area contributed by atoms with Crippen LogP contribution >= 0.6 is 11.6 Å². The highest BCUT2D eigenvalue weighted by molar-refractivity contribution is 6.31. The zero-order valence-corrected chi connectivity index (χ0v) is 15.4. The first kappa shape index (κ1) is 18.0. The van der Waals surface area contributed by atoms with Gasteiger partial charge < -0.3 is 14.5 Å². The van der Waals surface area contributed by atoms with Crippen molar-refractivity contribution >= 4 is 23.2 Å². The minimum atomic E-state index is -0.903. The molecule has 2 aliphatic heterocycles. The van der Waals surface area contributed by atoms with Gasteiger partial charge in [-0.1, -0.05) is 17.7 Å². The molecule has 2 heterocycles. The van der Waals surface area contributed by atoms with Crippen molar-refractivity contribution in [3.8, 4) is 6.07 Å². The number of benzene rings is 1. The Bertz CT molecular complexity index is 680. The molecule has 0 N–H and O–H groups in total. The van der Waals surface area contributed by atoms with E-state index in [0.717, 1.165) is 35.8 Å². The van der Waals surface area contributed by atoms with Gasteiger partial charge in [0.05, 0.1) is 6.07 Å². The Hall–Kier alpha value is -1.77. The van der Waals surface area contributed by atoms with Crippen LogP contribution in [0.5, 0.6) is 0 Å². The normalized spacial score (nSPS) is 20.7. The third-order valence-electron chi connectivity index (χ3n) is 5.33. The molecule has 2 saturated heterocycles. The second-order valence-corrected chi connectivity index (χ2v) is 7.23. The lowest BCUT2D eigenvalue weighted by atomic mass is 9.80. The molecule has 3 rings (SSSR count). The van der Waals surface area contributed by atoms with Gasteiger partial charge in [0, 0.05) is 50.1 Å². The molecule has 0 radical (unpaired) electrons. The number of hydrogen-bond donors (Lipinski definition) is 0. The van der Waals surface area contributed by atoms with Crippen LogP contribution in [0, 0.1) is 23.7 Å². The third kappa shape index (κ3) is 3.61. The molecule has 0 aromatic heterocycles. The smallest absolute Gasteiger partial charge is 0.243 e. The van der Waals surface area contributed by atoms with Crippen molar-refractivity contribution in [2.75, 3.05) is 44.3 Å². The third-order valence-corrected chi connectivity index (χ3v) is 5.74. The SMILES string of the molecule is Cc1c(Cl)cccc1N1CCCN(C(=O)C2(C#N)CCOCC2)CC1. The first-order chi connectivity index (χ1) is 12.1. The Morgan fingerprint density at radius 2 is 2.00 bits per heavy atom. The number of halogens is 1. The molecular formula is C19H24ClN3O2. The van der Waals surface area contributed by atoms with Crippen molar-refractivity contribution in [3.05, 3.63) is 28.8 Å². The molecule has 0 unspecified atom stereocenters. The molecule has 0 bridgehead atoms. The quantitative estimate of drug-likeness (QED) is 0.812. The summed E-state index contributed by atoms with van der Waals surface area (Å²) in [5.41, 5.74) is 1.30. The molecule has 2 fully saturated rings. The molecule has 2 aliphatic rings. The average molecular weight is 362 g/mol. The van der Waals surface area contributed by atoms with Crippen LogP contribution in [-0.4, -0.2) is 50.2 Å². The van der Waals surface area contributed by atoms with Crippen molar-refractivity contribution in [2.45, 2.75) is 26.2 Å². The fraction of sp³-hybridized carbons (Fsp3) is 0.579. The lowest BCUT2D eigenvalue weighted by molar-refractivity contribution is -0.143. The predicted octanol–water partition coefficient (Wildman–Crippen LogP) is 3.01. The first-order valence-electron chi connectivity index (χ1n) is 8.86. The number of hydrogen-bond acceptors (Lipinski definition) is 4. The fourth-order valence-corrected chi connectivity index (χ4v) is 3.87. The number of nitriles is 1. The predicted molar refractivity (Wildman–Crippen MR) is 97.7 cm³/mol. The average Bonchev–Trinajstić information content (AvgIpc) is 2.90. The summed E-state index contributed by atoms with van der Waals surface area (Å²) in [7, 11) is 0. The summed E-state index contributed by atoms with van der Waals surface area (Å²) in [6.07, 6.45) is 1.88. The number of carbonyl (C=O) groups is 1.